The van der Waals surface area contributed by atoms with E-state index in [1.54, 1.807) is 50.5 Å². The number of rotatable bonds is 6. The van der Waals surface area contributed by atoms with Crippen LogP contribution in [-0.2, 0) is 47.0 Å². The Morgan fingerprint density at radius 1 is 0.873 bits per heavy atom. The van der Waals surface area contributed by atoms with Gasteiger partial charge in [-0.15, -0.1) is 0 Å². The van der Waals surface area contributed by atoms with Crippen LogP contribution >= 0.6 is 0 Å². The molecule has 1 aromatic heterocycles. The van der Waals surface area contributed by atoms with Crippen LogP contribution in [0.1, 0.15) is 64.9 Å². The van der Waals surface area contributed by atoms with Crippen molar-refractivity contribution in [1.82, 2.24) is 40.4 Å². The van der Waals surface area contributed by atoms with Crippen LogP contribution in [0.25, 0.3) is 0 Å². The summed E-state index contributed by atoms with van der Waals surface area (Å²) in [4.78, 5) is 102. The number of aryl methyl sites for hydroxylation is 1. The Kier molecular flexibility index (Phi) is 12.1. The first kappa shape index (κ1) is 39.2. The molecule has 0 radical (unpaired) electrons. The van der Waals surface area contributed by atoms with E-state index in [1.165, 1.54) is 26.3 Å². The lowest BCUT2D eigenvalue weighted by Gasteiger charge is -2.39. The number of carbonyl (C=O) groups excluding carboxylic acids is 7. The molecule has 296 valence electrons. The van der Waals surface area contributed by atoms with Crippen LogP contribution in [0.2, 0.25) is 0 Å². The number of hydrogen-bond acceptors (Lipinski definition) is 9. The minimum absolute atomic E-state index is 0.0514. The minimum Gasteiger partial charge on any atom is -0.458 e. The standard InChI is InChI=1S/C38H51N9O8/c1-22-19-29-37(53)55-24(3)31(42-32(48)26(20-25-11-6-5-7-12-25)40-38(54)41-30-15-18-44(4)43-30)36(52)46-17-10-14-28(46)35(51)45-16-9-8-13-27(45)33(49)39-23(2)34(50)47(29)21-22/h5-7,11-12,15,18,22-24,26-29,31H,8-10,13-14,16-17,19-21H2,1-4H3,(H,39,49)(H,42,48)(H2,40,41,43,54)/t22-,23+,24+,26+,27+,28+,29+,31+/m1/s1. The van der Waals surface area contributed by atoms with Gasteiger partial charge in [0.1, 0.15) is 42.4 Å². The average Bonchev–Trinajstić information content (AvgIpc) is 3.92. The molecule has 4 aliphatic heterocycles. The van der Waals surface area contributed by atoms with Crippen molar-refractivity contribution in [3.63, 3.8) is 0 Å². The fourth-order valence-electron chi connectivity index (χ4n) is 8.07. The van der Waals surface area contributed by atoms with Crippen LogP contribution in [0.3, 0.4) is 0 Å². The summed E-state index contributed by atoms with van der Waals surface area (Å²) in [6.07, 6.45) is 3.36. The number of ether oxygens (including phenoxy) is 1. The molecule has 0 spiro atoms. The van der Waals surface area contributed by atoms with Gasteiger partial charge >= 0.3 is 12.0 Å². The summed E-state index contributed by atoms with van der Waals surface area (Å²) in [7, 11) is 1.69. The molecule has 0 bridgehead atoms. The Morgan fingerprint density at radius 3 is 2.31 bits per heavy atom. The summed E-state index contributed by atoms with van der Waals surface area (Å²) >= 11 is 0. The Morgan fingerprint density at radius 2 is 1.58 bits per heavy atom. The number of nitrogens with zero attached hydrogens (tertiary/aromatic N) is 5. The molecule has 55 heavy (non-hydrogen) atoms. The Balaban J connectivity index is 1.32. The summed E-state index contributed by atoms with van der Waals surface area (Å²) < 4.78 is 7.44. The molecule has 0 aliphatic carbocycles. The lowest BCUT2D eigenvalue weighted by atomic mass is 9.99. The quantitative estimate of drug-likeness (QED) is 0.306. The number of urea groups is 1. The molecule has 0 saturated carbocycles. The monoisotopic (exact) mass is 761 g/mol. The zero-order valence-corrected chi connectivity index (χ0v) is 31.7. The van der Waals surface area contributed by atoms with Crippen molar-refractivity contribution in [3.8, 4) is 0 Å². The normalized spacial score (nSPS) is 28.4. The number of anilines is 1. The van der Waals surface area contributed by atoms with Crippen LogP contribution in [-0.4, -0.2) is 128 Å². The van der Waals surface area contributed by atoms with Gasteiger partial charge in [0.25, 0.3) is 0 Å². The Hall–Kier alpha value is -5.48. The molecule has 17 nitrogen and oxygen atoms in total. The van der Waals surface area contributed by atoms with Crippen molar-refractivity contribution >= 4 is 47.4 Å². The molecular weight excluding hydrogens is 710 g/mol. The van der Waals surface area contributed by atoms with E-state index in [0.29, 0.717) is 45.1 Å². The van der Waals surface area contributed by atoms with Gasteiger partial charge in [-0.1, -0.05) is 37.3 Å². The van der Waals surface area contributed by atoms with Gasteiger partial charge in [0.2, 0.25) is 29.5 Å². The molecule has 17 heteroatoms. The SMILES string of the molecule is C[C@@H]1C[C@H]2C(=O)O[C@@H](C)[C@H](NC(=O)[C@H](Cc3ccccc3)NC(=O)Nc3ccn(C)n3)C(=O)N3CCC[C@H]3C(=O)N3CCCC[C@H]3C(=O)N[C@@H](C)C(=O)N2C1. The molecule has 4 fully saturated rings. The van der Waals surface area contributed by atoms with Crippen molar-refractivity contribution in [2.45, 2.75) is 108 Å². The molecule has 4 N–H and O–H groups in total. The topological polar surface area (TPSA) is 204 Å². The maximum Gasteiger partial charge on any atom is 0.329 e. The summed E-state index contributed by atoms with van der Waals surface area (Å²) in [5, 5.41) is 15.0. The van der Waals surface area contributed by atoms with Crippen molar-refractivity contribution in [1.29, 1.82) is 0 Å². The van der Waals surface area contributed by atoms with Gasteiger partial charge < -0.3 is 35.4 Å². The highest BCUT2D eigenvalue weighted by Gasteiger charge is 2.47. The van der Waals surface area contributed by atoms with E-state index < -0.39 is 83.9 Å². The van der Waals surface area contributed by atoms with E-state index in [0.717, 1.165) is 5.56 Å². The number of benzene rings is 1. The summed E-state index contributed by atoms with van der Waals surface area (Å²) in [6, 6.07) is 3.49. The largest absolute Gasteiger partial charge is 0.458 e. The van der Waals surface area contributed by atoms with Gasteiger partial charge in [-0.05, 0) is 63.9 Å². The summed E-state index contributed by atoms with van der Waals surface area (Å²) in [5.74, 6) is -3.26. The lowest BCUT2D eigenvalue weighted by molar-refractivity contribution is -0.163. The molecule has 5 heterocycles. The van der Waals surface area contributed by atoms with E-state index in [9.17, 15) is 33.6 Å². The second-order valence-electron chi connectivity index (χ2n) is 15.2. The van der Waals surface area contributed by atoms with Gasteiger partial charge in [-0.2, -0.15) is 5.10 Å². The van der Waals surface area contributed by atoms with E-state index in [4.69, 9.17) is 4.74 Å². The third-order valence-corrected chi connectivity index (χ3v) is 10.9. The fraction of sp³-hybridized carbons (Fsp3) is 0.579. The van der Waals surface area contributed by atoms with Crippen LogP contribution in [0.15, 0.2) is 42.6 Å². The maximum absolute atomic E-state index is 14.7. The summed E-state index contributed by atoms with van der Waals surface area (Å²) in [5.41, 5.74) is 0.726. The van der Waals surface area contributed by atoms with E-state index in [-0.39, 0.29) is 31.2 Å². The first-order valence-electron chi connectivity index (χ1n) is 19.1. The number of amides is 7. The van der Waals surface area contributed by atoms with Crippen molar-refractivity contribution in [2.24, 2.45) is 13.0 Å². The van der Waals surface area contributed by atoms with Crippen molar-refractivity contribution < 1.29 is 38.3 Å². The molecular formula is C38H51N9O8. The molecule has 1 aromatic carbocycles. The number of nitrogens with one attached hydrogen (secondary N) is 4. The van der Waals surface area contributed by atoms with Crippen LogP contribution in [0.5, 0.6) is 0 Å². The van der Waals surface area contributed by atoms with Crippen LogP contribution in [0, 0.1) is 5.92 Å². The zero-order valence-electron chi connectivity index (χ0n) is 31.7. The van der Waals surface area contributed by atoms with Crippen LogP contribution in [0.4, 0.5) is 10.6 Å². The highest BCUT2D eigenvalue weighted by molar-refractivity contribution is 5.98. The molecule has 8 atom stereocenters. The molecule has 6 rings (SSSR count). The number of cyclic esters (lactones) is 1. The van der Waals surface area contributed by atoms with E-state index >= 15 is 0 Å². The Bertz CT molecular complexity index is 1790. The van der Waals surface area contributed by atoms with E-state index in [1.807, 2.05) is 13.0 Å². The van der Waals surface area contributed by atoms with E-state index in [2.05, 4.69) is 26.4 Å². The third kappa shape index (κ3) is 8.92. The minimum atomic E-state index is -1.47. The fourth-order valence-corrected chi connectivity index (χ4v) is 8.07. The van der Waals surface area contributed by atoms with Crippen molar-refractivity contribution in [2.75, 3.05) is 25.0 Å². The molecule has 4 aliphatic rings. The van der Waals surface area contributed by atoms with Crippen LogP contribution < -0.4 is 21.3 Å². The smallest absolute Gasteiger partial charge is 0.329 e. The number of carbonyl (C=O) groups is 7. The molecule has 7 amide bonds. The average molecular weight is 762 g/mol. The highest BCUT2D eigenvalue weighted by Crippen LogP contribution is 2.28. The molecule has 0 unspecified atom stereocenters. The number of piperidine rings is 1. The number of hydrogen-bond donors (Lipinski definition) is 4. The van der Waals surface area contributed by atoms with Gasteiger partial charge in [-0.25, -0.2) is 9.59 Å². The third-order valence-electron chi connectivity index (χ3n) is 10.9. The zero-order chi connectivity index (χ0) is 39.4. The van der Waals surface area contributed by atoms with Crippen molar-refractivity contribution in [3.05, 3.63) is 48.2 Å². The lowest BCUT2D eigenvalue weighted by Crippen LogP contribution is -2.63. The first-order chi connectivity index (χ1) is 26.3. The summed E-state index contributed by atoms with van der Waals surface area (Å²) in [6.45, 7) is 5.71. The molecule has 2 aromatic rings. The van der Waals surface area contributed by atoms with Gasteiger partial charge in [0.05, 0.1) is 0 Å². The number of aromatic nitrogens is 2. The second kappa shape index (κ2) is 16.9. The number of fused-ring (bicyclic) bond motifs is 3. The number of esters is 1. The maximum atomic E-state index is 14.7. The predicted molar refractivity (Wildman–Crippen MR) is 198 cm³/mol. The Labute approximate surface area is 319 Å². The molecule has 4 saturated heterocycles. The van der Waals surface area contributed by atoms with Gasteiger partial charge in [-0.3, -0.25) is 34.0 Å². The predicted octanol–water partition coefficient (Wildman–Crippen LogP) is 0.697. The van der Waals surface area contributed by atoms with Gasteiger partial charge in [0.15, 0.2) is 5.82 Å². The van der Waals surface area contributed by atoms with Gasteiger partial charge in [0, 0.05) is 45.4 Å². The highest BCUT2D eigenvalue weighted by atomic mass is 16.5. The second-order valence-corrected chi connectivity index (χ2v) is 15.2. The first-order valence-corrected chi connectivity index (χ1v) is 19.1.